The second kappa shape index (κ2) is 39.3. The molecule has 0 saturated carbocycles. The minimum absolute atomic E-state index is 0. The van der Waals surface area contributed by atoms with Crippen molar-refractivity contribution in [2.75, 3.05) is 39.5 Å². The Morgan fingerprint density at radius 2 is 0.394 bits per heavy atom. The van der Waals surface area contributed by atoms with Crippen LogP contribution in [0.2, 0.25) is 0 Å². The largest absolute Gasteiger partial charge is 1.00 e. The van der Waals surface area contributed by atoms with Crippen LogP contribution in [0.1, 0.15) is 130 Å². The number of hydrogen-bond acceptors (Lipinski definition) is 0. The minimum Gasteiger partial charge on any atom is -1.00 e. The summed E-state index contributed by atoms with van der Waals surface area (Å²) >= 11 is 11.5. The van der Waals surface area contributed by atoms with Gasteiger partial charge in [-0.3, -0.25) is 0 Å². The van der Waals surface area contributed by atoms with Crippen molar-refractivity contribution in [1.82, 2.24) is 0 Å². The summed E-state index contributed by atoms with van der Waals surface area (Å²) in [6.45, 7) is 11.9. The van der Waals surface area contributed by atoms with E-state index in [1.807, 2.05) is 0 Å². The Kier molecular flexibility index (Phi) is 32.8. The maximum Gasteiger partial charge on any atom is -1.00 e. The second-order valence-electron chi connectivity index (χ2n) is 25.7. The van der Waals surface area contributed by atoms with Crippen molar-refractivity contribution in [1.29, 1.82) is 0 Å². The molecule has 0 atom stereocenters. The number of benzene rings is 10. The summed E-state index contributed by atoms with van der Waals surface area (Å²) in [5.41, 5.74) is 0. The van der Waals surface area contributed by atoms with E-state index in [9.17, 15) is 0 Å². The molecule has 0 heterocycles. The summed E-state index contributed by atoms with van der Waals surface area (Å²) in [4.78, 5) is 0. The molecule has 0 unspecified atom stereocenters. The van der Waals surface area contributed by atoms with Crippen molar-refractivity contribution in [2.24, 2.45) is 0 Å². The van der Waals surface area contributed by atoms with Gasteiger partial charge >= 0.3 is 450 Å². The van der Waals surface area contributed by atoms with Crippen LogP contribution in [0.3, 0.4) is 0 Å². The van der Waals surface area contributed by atoms with Crippen molar-refractivity contribution in [3.8, 4) is 0 Å². The number of nitrogens with zero attached hydrogens (tertiary/aromatic N) is 1. The van der Waals surface area contributed by atoms with Crippen molar-refractivity contribution in [3.05, 3.63) is 303 Å². The smallest absolute Gasteiger partial charge is 1.00 e. The van der Waals surface area contributed by atoms with Crippen LogP contribution in [0.15, 0.2) is 303 Å². The first kappa shape index (κ1) is 78.6. The minimum atomic E-state index is -2.85. The average Bonchev–Trinajstić information content (AvgIpc) is 0.685. The van der Waals surface area contributed by atoms with Crippen LogP contribution in [0.25, 0.3) is 0 Å². The molecule has 0 bridgehead atoms. The third kappa shape index (κ3) is 19.1. The molecule has 10 rings (SSSR count). The third-order valence-electron chi connectivity index (χ3n) is 19.2. The predicted molar refractivity (Wildman–Crippen MR) is 442 cm³/mol. The van der Waals surface area contributed by atoms with E-state index in [1.165, 1.54) is 173 Å². The Morgan fingerprint density at radius 3 is 0.553 bits per heavy atom. The number of unbranched alkanes of at least 4 members (excludes halogenated alkanes) is 14. The fourth-order valence-corrected chi connectivity index (χ4v) is 35.2. The molecule has 0 aliphatic carbocycles. The normalized spacial score (nSPS) is 12.7. The van der Waals surface area contributed by atoms with E-state index in [0.717, 1.165) is 12.3 Å². The molecule has 94 heavy (non-hydrogen) atoms. The van der Waals surface area contributed by atoms with Crippen LogP contribution in [0.4, 0.5) is 0 Å². The molecule has 0 spiro atoms. The second-order valence-corrected chi connectivity index (χ2v) is 54.1. The van der Waals surface area contributed by atoms with Gasteiger partial charge < -0.3 is 21.5 Å². The van der Waals surface area contributed by atoms with Gasteiger partial charge in [-0.05, 0) is 25.7 Å². The van der Waals surface area contributed by atoms with E-state index < -0.39 is 14.9 Å². The molecule has 8 heteroatoms. The first-order chi connectivity index (χ1) is 45.3. The van der Waals surface area contributed by atoms with E-state index in [4.69, 9.17) is 0 Å². The van der Waals surface area contributed by atoms with Gasteiger partial charge in [0.2, 0.25) is 0 Å². The molecule has 10 aromatic rings. The molecule has 10 aromatic carbocycles. The zero-order chi connectivity index (χ0) is 66.1. The average molecular weight is 1620 g/mol. The Balaban J connectivity index is 0.000000198. The number of hydrogen-bond donors (Lipinski definition) is 0. The van der Waals surface area contributed by atoms with Crippen LogP contribution >= 0.6 is 67.9 Å². The summed E-state index contributed by atoms with van der Waals surface area (Å²) in [6.07, 6.45) is 25.1. The number of quaternary nitrogens is 1. The van der Waals surface area contributed by atoms with Crippen LogP contribution in [0.5, 0.6) is 0 Å². The molecule has 1 nitrogen and oxygen atoms in total. The fraction of sp³-hybridized carbons (Fsp3) is 0.302. The van der Waals surface area contributed by atoms with Gasteiger partial charge in [-0.2, -0.15) is 0 Å². The standard InChI is InChI=1S/C24H20IP.C22H48N.2C20H20BrP.BrH/c25-26(21-13-5-1-6-14-21,22-15-7-2-8-16-22,23-17-9-3-10-18-23)24-19-11-4-12-20-24;1-5-7-9-11-13-15-17-19-21-23(3,4)22-20-18-16-14-12-10-8-6-2;2*1-2-22(21,18-12-6-3-7-13-18,19-14-8-4-9-15-19)20-16-10-5-11-17-20;/h1-20H;5-22H2,1-4H3;2*3-17H,2H2,1H3;1H/q;+1;;;/p-1. The predicted octanol–water partition coefficient (Wildman–Crippen LogP) is 19.2. The van der Waals surface area contributed by atoms with Crippen LogP contribution in [-0.2, 0) is 0 Å². The molecule has 0 aromatic heterocycles. The van der Waals surface area contributed by atoms with Crippen molar-refractivity contribution in [2.45, 2.75) is 130 Å². The molecular formula is C86H108Br3INP3. The van der Waals surface area contributed by atoms with E-state index in [1.54, 1.807) is 0 Å². The SMILES string of the molecule is CCCCCCCCCC[N+](C)(C)CCCCCCCCCC.CCP(Br)(c1ccccc1)(c1ccccc1)c1ccccc1.CCP(Br)(c1ccccc1)(c1ccccc1)c1ccccc1.IP(c1ccccc1)(c1ccccc1)(c1ccccc1)c1ccccc1.[Br-]. The molecule has 0 N–H and O–H groups in total. The monoisotopic (exact) mass is 1610 g/mol. The molecule has 500 valence electrons. The Hall–Kier alpha value is -4.38. The van der Waals surface area contributed by atoms with Crippen LogP contribution in [0, 0.1) is 0 Å². The molecule has 0 radical (unpaired) electrons. The van der Waals surface area contributed by atoms with Crippen molar-refractivity contribution >= 4 is 121 Å². The van der Waals surface area contributed by atoms with Gasteiger partial charge in [0.15, 0.2) is 0 Å². The summed E-state index contributed by atoms with van der Waals surface area (Å²) < 4.78 is -1.60. The zero-order valence-corrected chi connectivity index (χ0v) is 66.9. The quantitative estimate of drug-likeness (QED) is 0.0182. The fourth-order valence-electron chi connectivity index (χ4n) is 13.6. The Labute approximate surface area is 610 Å². The molecule has 0 amide bonds. The Morgan fingerprint density at radius 1 is 0.245 bits per heavy atom. The molecule has 0 aliphatic heterocycles. The molecule has 0 aliphatic rings. The maximum absolute atomic E-state index is 4.35. The number of rotatable bonds is 30. The van der Waals surface area contributed by atoms with Crippen LogP contribution < -0.4 is 70.0 Å². The summed E-state index contributed by atoms with van der Waals surface area (Å²) in [5, 5.41) is 8.63. The Bertz CT molecular complexity index is 3090. The van der Waals surface area contributed by atoms with Gasteiger partial charge in [-0.25, -0.2) is 0 Å². The van der Waals surface area contributed by atoms with E-state index >= 15 is 0 Å². The summed E-state index contributed by atoms with van der Waals surface area (Å²) in [7, 11) is 4.87. The summed E-state index contributed by atoms with van der Waals surface area (Å²) in [5.74, 6) is 0. The van der Waals surface area contributed by atoms with Gasteiger partial charge in [0.25, 0.3) is 0 Å². The molecule has 0 fully saturated rings. The van der Waals surface area contributed by atoms with Crippen molar-refractivity contribution in [3.63, 3.8) is 0 Å². The van der Waals surface area contributed by atoms with Gasteiger partial charge in [-0.1, -0.05) is 90.9 Å². The topological polar surface area (TPSA) is 0 Å². The number of halogens is 4. The van der Waals surface area contributed by atoms with Gasteiger partial charge in [0.05, 0.1) is 27.2 Å². The van der Waals surface area contributed by atoms with E-state index in [-0.39, 0.29) is 17.0 Å². The third-order valence-corrected chi connectivity index (χ3v) is 51.9. The van der Waals surface area contributed by atoms with Gasteiger partial charge in [0.1, 0.15) is 0 Å². The zero-order valence-electron chi connectivity index (χ0n) is 57.3. The molecular weight excluding hydrogens is 1510 g/mol. The van der Waals surface area contributed by atoms with E-state index in [2.05, 4.69) is 398 Å². The van der Waals surface area contributed by atoms with Gasteiger partial charge in [0, 0.05) is 0 Å². The summed E-state index contributed by atoms with van der Waals surface area (Å²) in [6, 6.07) is 109. The molecule has 0 saturated heterocycles. The first-order valence-electron chi connectivity index (χ1n) is 34.8. The van der Waals surface area contributed by atoms with Crippen LogP contribution in [-0.4, -0.2) is 44.0 Å². The van der Waals surface area contributed by atoms with E-state index in [0.29, 0.717) is 0 Å². The van der Waals surface area contributed by atoms with Crippen molar-refractivity contribution < 1.29 is 21.5 Å². The first-order valence-corrected chi connectivity index (χ1v) is 48.7. The maximum atomic E-state index is 4.35. The van der Waals surface area contributed by atoms with Gasteiger partial charge in [-0.15, -0.1) is 0 Å².